The zero-order valence-corrected chi connectivity index (χ0v) is 17.7. The number of nitrogens with one attached hydrogen (secondary N) is 2. The minimum atomic E-state index is -0.659. The second kappa shape index (κ2) is 8.14. The van der Waals surface area contributed by atoms with Gasteiger partial charge < -0.3 is 11.1 Å². The normalized spacial score (nSPS) is 12.4. The molecule has 0 fully saturated rings. The van der Waals surface area contributed by atoms with Crippen molar-refractivity contribution in [3.8, 4) is 5.69 Å². The van der Waals surface area contributed by atoms with E-state index in [9.17, 15) is 19.2 Å². The van der Waals surface area contributed by atoms with Crippen LogP contribution in [-0.2, 0) is 12.8 Å². The van der Waals surface area contributed by atoms with Crippen molar-refractivity contribution in [2.45, 2.75) is 26.7 Å². The molecule has 1 aliphatic heterocycles. The molecule has 2 heterocycles. The number of hydrogen-bond acceptors (Lipinski definition) is 5. The summed E-state index contributed by atoms with van der Waals surface area (Å²) in [6.07, 6.45) is 1.54. The Morgan fingerprint density at radius 1 is 0.969 bits per heavy atom. The third kappa shape index (κ3) is 3.45. The van der Waals surface area contributed by atoms with Gasteiger partial charge in [0.25, 0.3) is 23.3 Å². The lowest BCUT2D eigenvalue weighted by Gasteiger charge is -2.16. The van der Waals surface area contributed by atoms with Gasteiger partial charge in [-0.25, -0.2) is 0 Å². The number of hydrogen-bond donors (Lipinski definition) is 3. The minimum Gasteiger partial charge on any atom is -0.384 e. The summed E-state index contributed by atoms with van der Waals surface area (Å²) in [6.45, 7) is 4.05. The number of nitrogens with two attached hydrogens (primary N) is 1. The number of nitrogen functional groups attached to an aromatic ring is 1. The van der Waals surface area contributed by atoms with Crippen molar-refractivity contribution in [2.24, 2.45) is 0 Å². The van der Waals surface area contributed by atoms with Crippen LogP contribution in [0.25, 0.3) is 5.69 Å². The average Bonchev–Trinajstić information content (AvgIpc) is 3.07. The molecule has 1 aromatic heterocycles. The molecule has 0 aliphatic carbocycles. The van der Waals surface area contributed by atoms with Gasteiger partial charge in [-0.1, -0.05) is 38.1 Å². The van der Waals surface area contributed by atoms with Crippen molar-refractivity contribution in [3.05, 3.63) is 86.7 Å². The Hall–Kier alpha value is -4.20. The maximum atomic E-state index is 13.0. The predicted molar refractivity (Wildman–Crippen MR) is 121 cm³/mol. The molecule has 0 saturated carbocycles. The van der Waals surface area contributed by atoms with Crippen LogP contribution in [0.5, 0.6) is 0 Å². The SMILES string of the molecule is CCc1cccc(CC)c1NC(=O)c1cccc(-n2c(N)c3c(cc2=O)C(=O)NC3=O)c1. The molecule has 3 aromatic rings. The summed E-state index contributed by atoms with van der Waals surface area (Å²) in [5.74, 6) is -1.80. The largest absolute Gasteiger partial charge is 0.384 e. The summed E-state index contributed by atoms with van der Waals surface area (Å²) in [4.78, 5) is 49.7. The number of fused-ring (bicyclic) bond motifs is 1. The molecule has 8 heteroatoms. The van der Waals surface area contributed by atoms with Gasteiger partial charge in [-0.3, -0.25) is 29.1 Å². The molecule has 3 amide bonds. The van der Waals surface area contributed by atoms with Gasteiger partial charge in [0.15, 0.2) is 0 Å². The standard InChI is InChI=1S/C24H22N4O4/c1-3-13-7-5-8-14(4-2)20(13)26-22(30)15-9-6-10-16(11-15)28-18(29)12-17-19(21(28)25)24(32)27-23(17)31/h5-12H,3-4,25H2,1-2H3,(H,26,30)(H,27,31,32). The molecule has 8 nitrogen and oxygen atoms in total. The summed E-state index contributed by atoms with van der Waals surface area (Å²) in [5.41, 5.74) is 8.91. The Morgan fingerprint density at radius 3 is 2.28 bits per heavy atom. The third-order valence-corrected chi connectivity index (χ3v) is 5.56. The van der Waals surface area contributed by atoms with Gasteiger partial charge in [0.2, 0.25) is 0 Å². The van der Waals surface area contributed by atoms with Crippen LogP contribution < -0.4 is 21.9 Å². The number of nitrogens with zero attached hydrogens (tertiary/aromatic N) is 1. The molecule has 4 rings (SSSR count). The maximum absolute atomic E-state index is 13.0. The molecule has 0 unspecified atom stereocenters. The van der Waals surface area contributed by atoms with Gasteiger partial charge in [-0.2, -0.15) is 0 Å². The summed E-state index contributed by atoms with van der Waals surface area (Å²) in [5, 5.41) is 5.13. The van der Waals surface area contributed by atoms with E-state index in [1.54, 1.807) is 18.2 Å². The number of imide groups is 1. The Balaban J connectivity index is 1.75. The zero-order valence-electron chi connectivity index (χ0n) is 17.7. The van der Waals surface area contributed by atoms with Crippen molar-refractivity contribution in [1.82, 2.24) is 9.88 Å². The van der Waals surface area contributed by atoms with E-state index in [2.05, 4.69) is 10.6 Å². The molecule has 0 bridgehead atoms. The smallest absolute Gasteiger partial charge is 0.262 e. The van der Waals surface area contributed by atoms with E-state index in [0.717, 1.165) is 40.3 Å². The van der Waals surface area contributed by atoms with Crippen molar-refractivity contribution < 1.29 is 14.4 Å². The molecule has 1 aliphatic rings. The second-order valence-corrected chi connectivity index (χ2v) is 7.44. The van der Waals surface area contributed by atoms with Crippen LogP contribution >= 0.6 is 0 Å². The Kier molecular flexibility index (Phi) is 5.36. The Morgan fingerprint density at radius 2 is 1.62 bits per heavy atom. The first-order valence-electron chi connectivity index (χ1n) is 10.3. The number of pyridine rings is 1. The zero-order chi connectivity index (χ0) is 23.0. The van der Waals surface area contributed by atoms with Crippen LogP contribution in [0.2, 0.25) is 0 Å². The molecular weight excluding hydrogens is 408 g/mol. The van der Waals surface area contributed by atoms with E-state index < -0.39 is 17.4 Å². The maximum Gasteiger partial charge on any atom is 0.262 e. The number of amides is 3. The number of carbonyl (C=O) groups excluding carboxylic acids is 3. The van der Waals surface area contributed by atoms with Crippen molar-refractivity contribution in [3.63, 3.8) is 0 Å². The van der Waals surface area contributed by atoms with Crippen LogP contribution in [0.4, 0.5) is 11.5 Å². The summed E-state index contributed by atoms with van der Waals surface area (Å²) < 4.78 is 1.12. The fraction of sp³-hybridized carbons (Fsp3) is 0.167. The fourth-order valence-corrected chi connectivity index (χ4v) is 3.92. The number of benzene rings is 2. The molecule has 2 aromatic carbocycles. The monoisotopic (exact) mass is 430 g/mol. The van der Waals surface area contributed by atoms with E-state index >= 15 is 0 Å². The van der Waals surface area contributed by atoms with Gasteiger partial charge in [0.1, 0.15) is 5.82 Å². The number of carbonyl (C=O) groups is 3. The Bertz CT molecular complexity index is 1320. The lowest BCUT2D eigenvalue weighted by molar-refractivity contribution is 0.0879. The van der Waals surface area contributed by atoms with Crippen LogP contribution in [0.1, 0.15) is 56.0 Å². The lowest BCUT2D eigenvalue weighted by Crippen LogP contribution is -2.24. The molecule has 0 saturated heterocycles. The summed E-state index contributed by atoms with van der Waals surface area (Å²) >= 11 is 0. The number of aryl methyl sites for hydroxylation is 2. The van der Waals surface area contributed by atoms with E-state index in [1.165, 1.54) is 6.07 Å². The van der Waals surface area contributed by atoms with Gasteiger partial charge in [-0.05, 0) is 42.2 Å². The van der Waals surface area contributed by atoms with Crippen molar-refractivity contribution in [1.29, 1.82) is 0 Å². The number of anilines is 2. The highest BCUT2D eigenvalue weighted by atomic mass is 16.2. The number of rotatable bonds is 5. The average molecular weight is 430 g/mol. The number of para-hydroxylation sites is 1. The van der Waals surface area contributed by atoms with Gasteiger partial charge in [-0.15, -0.1) is 0 Å². The molecule has 0 atom stereocenters. The van der Waals surface area contributed by atoms with E-state index in [4.69, 9.17) is 5.73 Å². The molecule has 0 spiro atoms. The first kappa shape index (κ1) is 21.0. The summed E-state index contributed by atoms with van der Waals surface area (Å²) in [6, 6.07) is 13.4. The van der Waals surface area contributed by atoms with E-state index in [-0.39, 0.29) is 22.9 Å². The van der Waals surface area contributed by atoms with Gasteiger partial charge in [0.05, 0.1) is 16.8 Å². The summed E-state index contributed by atoms with van der Waals surface area (Å²) in [7, 11) is 0. The second-order valence-electron chi connectivity index (χ2n) is 7.44. The molecule has 32 heavy (non-hydrogen) atoms. The first-order chi connectivity index (χ1) is 15.3. The molecule has 162 valence electrons. The Labute approximate surface area is 184 Å². The fourth-order valence-electron chi connectivity index (χ4n) is 3.92. The predicted octanol–water partition coefficient (Wildman–Crippen LogP) is 2.68. The van der Waals surface area contributed by atoms with Crippen LogP contribution in [0.3, 0.4) is 0 Å². The van der Waals surface area contributed by atoms with Crippen LogP contribution in [0.15, 0.2) is 53.3 Å². The molecular formula is C24H22N4O4. The third-order valence-electron chi connectivity index (χ3n) is 5.56. The lowest BCUT2D eigenvalue weighted by atomic mass is 10.0. The van der Waals surface area contributed by atoms with E-state index in [1.807, 2.05) is 32.0 Å². The van der Waals surface area contributed by atoms with Crippen LogP contribution in [-0.4, -0.2) is 22.3 Å². The minimum absolute atomic E-state index is 0.0473. The molecule has 4 N–H and O–H groups in total. The van der Waals surface area contributed by atoms with Gasteiger partial charge in [0, 0.05) is 17.3 Å². The topological polar surface area (TPSA) is 123 Å². The number of aromatic nitrogens is 1. The molecule has 0 radical (unpaired) electrons. The first-order valence-corrected chi connectivity index (χ1v) is 10.3. The highest BCUT2D eigenvalue weighted by molar-refractivity contribution is 6.23. The van der Waals surface area contributed by atoms with Crippen LogP contribution in [0, 0.1) is 0 Å². The highest BCUT2D eigenvalue weighted by Crippen LogP contribution is 2.25. The van der Waals surface area contributed by atoms with Crippen molar-refractivity contribution in [2.75, 3.05) is 11.1 Å². The quantitative estimate of drug-likeness (QED) is 0.537. The van der Waals surface area contributed by atoms with Crippen molar-refractivity contribution >= 4 is 29.2 Å². The van der Waals surface area contributed by atoms with Gasteiger partial charge >= 0.3 is 0 Å². The highest BCUT2D eigenvalue weighted by Gasteiger charge is 2.31. The van der Waals surface area contributed by atoms with E-state index in [0.29, 0.717) is 11.3 Å².